The Kier molecular flexibility index (Phi) is 7.00. The van der Waals surface area contributed by atoms with Crippen LogP contribution in [0.5, 0.6) is 0 Å². The van der Waals surface area contributed by atoms with Crippen molar-refractivity contribution in [1.82, 2.24) is 4.90 Å². The van der Waals surface area contributed by atoms with Crippen LogP contribution < -0.4 is 0 Å². The fraction of sp³-hybridized carbons (Fsp3) is 0.867. The molecule has 2 unspecified atom stereocenters. The zero-order valence-electron chi connectivity index (χ0n) is 13.4. The Morgan fingerprint density at radius 3 is 2.62 bits per heavy atom. The van der Waals surface area contributed by atoms with E-state index in [9.17, 15) is 14.7 Å². The number of nitrogens with zero attached hydrogens (tertiary/aromatic N) is 1. The van der Waals surface area contributed by atoms with Gasteiger partial charge in [-0.2, -0.15) is 0 Å². The van der Waals surface area contributed by atoms with Crippen LogP contribution >= 0.6 is 11.8 Å². The van der Waals surface area contributed by atoms with E-state index in [1.165, 1.54) is 11.8 Å². The largest absolute Gasteiger partial charge is 0.444 e. The highest BCUT2D eigenvalue weighted by Crippen LogP contribution is 2.24. The van der Waals surface area contributed by atoms with Gasteiger partial charge in [0, 0.05) is 19.2 Å². The van der Waals surface area contributed by atoms with Crippen molar-refractivity contribution in [2.75, 3.05) is 12.3 Å². The lowest BCUT2D eigenvalue weighted by Crippen LogP contribution is -2.52. The maximum absolute atomic E-state index is 12.2. The number of thioether (sulfide) groups is 1. The number of carbonyl (C=O) groups excluding carboxylic acids is 2. The molecular formula is C15H27NO4S. The van der Waals surface area contributed by atoms with Gasteiger partial charge in [-0.15, -0.1) is 0 Å². The molecule has 0 aliphatic carbocycles. The van der Waals surface area contributed by atoms with Crippen molar-refractivity contribution in [3.05, 3.63) is 0 Å². The van der Waals surface area contributed by atoms with Gasteiger partial charge >= 0.3 is 6.09 Å². The Morgan fingerprint density at radius 2 is 2.05 bits per heavy atom. The second-order valence-corrected chi connectivity index (χ2v) is 7.70. The first-order chi connectivity index (χ1) is 9.70. The maximum Gasteiger partial charge on any atom is 0.410 e. The van der Waals surface area contributed by atoms with Crippen molar-refractivity contribution in [3.8, 4) is 0 Å². The molecule has 122 valence electrons. The Hall–Kier alpha value is -0.750. The molecule has 1 aliphatic rings. The van der Waals surface area contributed by atoms with Crippen LogP contribution in [-0.4, -0.2) is 51.3 Å². The summed E-state index contributed by atoms with van der Waals surface area (Å²) in [4.78, 5) is 24.8. The maximum atomic E-state index is 12.2. The average molecular weight is 317 g/mol. The van der Waals surface area contributed by atoms with Gasteiger partial charge in [0.05, 0.1) is 12.1 Å². The lowest BCUT2D eigenvalue weighted by Gasteiger charge is -2.39. The first-order valence-electron chi connectivity index (χ1n) is 7.52. The van der Waals surface area contributed by atoms with Gasteiger partial charge < -0.3 is 14.7 Å². The summed E-state index contributed by atoms with van der Waals surface area (Å²) in [6, 6.07) is -0.207. The standard InChI is InChI=1S/C15H27NO4S/c1-11(17)21-10-6-7-12-13(18)8-5-9-16(12)14(19)20-15(2,3)4/h12-13,18H,5-10H2,1-4H3. The number of carbonyl (C=O) groups is 2. The van der Waals surface area contributed by atoms with E-state index in [1.807, 2.05) is 20.8 Å². The second kappa shape index (κ2) is 8.03. The van der Waals surface area contributed by atoms with E-state index >= 15 is 0 Å². The molecule has 6 heteroatoms. The summed E-state index contributed by atoms with van der Waals surface area (Å²) in [5, 5.41) is 10.3. The van der Waals surface area contributed by atoms with E-state index < -0.39 is 11.7 Å². The van der Waals surface area contributed by atoms with Gasteiger partial charge in [-0.3, -0.25) is 4.79 Å². The van der Waals surface area contributed by atoms with Crippen LogP contribution in [0.15, 0.2) is 0 Å². The lowest BCUT2D eigenvalue weighted by atomic mass is 9.95. The summed E-state index contributed by atoms with van der Waals surface area (Å²) >= 11 is 1.29. The van der Waals surface area contributed by atoms with Crippen molar-refractivity contribution in [2.24, 2.45) is 0 Å². The smallest absolute Gasteiger partial charge is 0.410 e. The molecule has 0 aromatic rings. The van der Waals surface area contributed by atoms with E-state index in [4.69, 9.17) is 4.74 Å². The van der Waals surface area contributed by atoms with Gasteiger partial charge in [0.25, 0.3) is 0 Å². The quantitative estimate of drug-likeness (QED) is 0.808. The third kappa shape index (κ3) is 6.70. The van der Waals surface area contributed by atoms with Crippen LogP contribution in [0.4, 0.5) is 4.79 Å². The molecule has 0 saturated carbocycles. The summed E-state index contributed by atoms with van der Waals surface area (Å²) in [6.45, 7) is 7.68. The molecule has 0 spiro atoms. The average Bonchev–Trinajstić information content (AvgIpc) is 2.33. The summed E-state index contributed by atoms with van der Waals surface area (Å²) in [5.41, 5.74) is -0.533. The number of aliphatic hydroxyl groups is 1. The zero-order valence-corrected chi connectivity index (χ0v) is 14.2. The fourth-order valence-corrected chi connectivity index (χ4v) is 3.04. The highest BCUT2D eigenvalue weighted by molar-refractivity contribution is 8.13. The molecular weight excluding hydrogens is 290 g/mol. The van der Waals surface area contributed by atoms with E-state index in [0.717, 1.165) is 18.6 Å². The SMILES string of the molecule is CC(=O)SCCCC1C(O)CCCN1C(=O)OC(C)(C)C. The zero-order chi connectivity index (χ0) is 16.0. The van der Waals surface area contributed by atoms with Crippen molar-refractivity contribution in [2.45, 2.75) is 71.1 Å². The normalized spacial score (nSPS) is 23.0. The van der Waals surface area contributed by atoms with Crippen molar-refractivity contribution < 1.29 is 19.4 Å². The summed E-state index contributed by atoms with van der Waals surface area (Å²) in [7, 11) is 0. The Balaban J connectivity index is 2.57. The summed E-state index contributed by atoms with van der Waals surface area (Å²) in [5.74, 6) is 0.723. The van der Waals surface area contributed by atoms with E-state index in [-0.39, 0.29) is 17.3 Å². The van der Waals surface area contributed by atoms with Crippen molar-refractivity contribution in [1.29, 1.82) is 0 Å². The predicted octanol–water partition coefficient (Wildman–Crippen LogP) is 2.81. The van der Waals surface area contributed by atoms with Crippen LogP contribution in [0.1, 0.15) is 53.4 Å². The van der Waals surface area contributed by atoms with Crippen LogP contribution in [0.25, 0.3) is 0 Å². The Bertz CT molecular complexity index is 367. The van der Waals surface area contributed by atoms with E-state index in [1.54, 1.807) is 11.8 Å². The number of ether oxygens (including phenoxy) is 1. The number of piperidine rings is 1. The number of hydrogen-bond acceptors (Lipinski definition) is 5. The number of amides is 1. The number of hydrogen-bond donors (Lipinski definition) is 1. The monoisotopic (exact) mass is 317 g/mol. The van der Waals surface area contributed by atoms with Gasteiger partial charge in [-0.25, -0.2) is 4.79 Å². The van der Waals surface area contributed by atoms with Crippen LogP contribution in [-0.2, 0) is 9.53 Å². The first kappa shape index (κ1) is 18.3. The first-order valence-corrected chi connectivity index (χ1v) is 8.50. The molecule has 1 aliphatic heterocycles. The van der Waals surface area contributed by atoms with Gasteiger partial charge in [0.15, 0.2) is 5.12 Å². The minimum Gasteiger partial charge on any atom is -0.444 e. The van der Waals surface area contributed by atoms with Gasteiger partial charge in [0.2, 0.25) is 0 Å². The molecule has 0 aromatic carbocycles. The molecule has 1 rings (SSSR count). The van der Waals surface area contributed by atoms with E-state index in [2.05, 4.69) is 0 Å². The minimum atomic E-state index is -0.533. The molecule has 1 fully saturated rings. The van der Waals surface area contributed by atoms with Crippen LogP contribution in [0.3, 0.4) is 0 Å². The summed E-state index contributed by atoms with van der Waals surface area (Å²) in [6.07, 6.45) is 2.13. The molecule has 1 N–H and O–H groups in total. The molecule has 0 radical (unpaired) electrons. The Labute approximate surface area is 131 Å². The molecule has 0 aromatic heterocycles. The Morgan fingerprint density at radius 1 is 1.38 bits per heavy atom. The molecule has 1 amide bonds. The molecule has 1 heterocycles. The topological polar surface area (TPSA) is 66.8 Å². The third-order valence-corrected chi connectivity index (χ3v) is 4.22. The minimum absolute atomic E-state index is 0.100. The fourth-order valence-electron chi connectivity index (χ4n) is 2.44. The van der Waals surface area contributed by atoms with Gasteiger partial charge in [-0.05, 0) is 46.5 Å². The lowest BCUT2D eigenvalue weighted by molar-refractivity contribution is -0.109. The molecule has 1 saturated heterocycles. The number of likely N-dealkylation sites (tertiary alicyclic amines) is 1. The molecule has 2 atom stereocenters. The molecule has 5 nitrogen and oxygen atoms in total. The number of rotatable bonds is 4. The van der Waals surface area contributed by atoms with E-state index in [0.29, 0.717) is 19.4 Å². The van der Waals surface area contributed by atoms with Crippen molar-refractivity contribution in [3.63, 3.8) is 0 Å². The number of aliphatic hydroxyl groups excluding tert-OH is 1. The van der Waals surface area contributed by atoms with Crippen molar-refractivity contribution >= 4 is 23.0 Å². The van der Waals surface area contributed by atoms with Gasteiger partial charge in [-0.1, -0.05) is 11.8 Å². The second-order valence-electron chi connectivity index (χ2n) is 6.43. The third-order valence-electron chi connectivity index (χ3n) is 3.32. The van der Waals surface area contributed by atoms with Crippen LogP contribution in [0.2, 0.25) is 0 Å². The predicted molar refractivity (Wildman–Crippen MR) is 84.3 cm³/mol. The van der Waals surface area contributed by atoms with Gasteiger partial charge in [0.1, 0.15) is 5.60 Å². The summed E-state index contributed by atoms with van der Waals surface area (Å²) < 4.78 is 5.42. The molecule has 21 heavy (non-hydrogen) atoms. The van der Waals surface area contributed by atoms with Crippen LogP contribution in [0, 0.1) is 0 Å². The highest BCUT2D eigenvalue weighted by Gasteiger charge is 2.35. The highest BCUT2D eigenvalue weighted by atomic mass is 32.2. The molecule has 0 bridgehead atoms.